The van der Waals surface area contributed by atoms with Gasteiger partial charge in [-0.2, -0.15) is 0 Å². The van der Waals surface area contributed by atoms with Gasteiger partial charge in [-0.1, -0.05) is 23.7 Å². The zero-order valence-corrected chi connectivity index (χ0v) is 15.1. The van der Waals surface area contributed by atoms with E-state index < -0.39 is 5.91 Å². The molecule has 0 unspecified atom stereocenters. The number of oxazole rings is 1. The van der Waals surface area contributed by atoms with Gasteiger partial charge in [0.25, 0.3) is 0 Å². The number of thiazole rings is 1. The van der Waals surface area contributed by atoms with Crippen molar-refractivity contribution in [3.05, 3.63) is 52.4 Å². The molecule has 0 atom stereocenters. The predicted octanol–water partition coefficient (Wildman–Crippen LogP) is 3.05. The van der Waals surface area contributed by atoms with Gasteiger partial charge in [0.2, 0.25) is 11.8 Å². The molecule has 0 fully saturated rings. The second kappa shape index (κ2) is 8.11. The largest absolute Gasteiger partial charge is 0.441 e. The maximum atomic E-state index is 12.0. The highest BCUT2D eigenvalue weighted by atomic mass is 35.5. The van der Waals surface area contributed by atoms with E-state index in [1.54, 1.807) is 17.6 Å². The van der Waals surface area contributed by atoms with Crippen molar-refractivity contribution in [1.82, 2.24) is 9.97 Å². The summed E-state index contributed by atoms with van der Waals surface area (Å²) < 4.78 is 5.66. The smallest absolute Gasteiger partial charge is 0.226 e. The van der Waals surface area contributed by atoms with Gasteiger partial charge in [-0.25, -0.2) is 9.97 Å². The fourth-order valence-electron chi connectivity index (χ4n) is 2.24. The van der Waals surface area contributed by atoms with Crippen molar-refractivity contribution in [2.24, 2.45) is 5.73 Å². The number of rotatable bonds is 7. The first-order chi connectivity index (χ1) is 12.5. The first kappa shape index (κ1) is 18.1. The number of carbonyl (C=O) groups is 2. The van der Waals surface area contributed by atoms with Crippen LogP contribution >= 0.6 is 22.9 Å². The minimum absolute atomic E-state index is 0.0491. The van der Waals surface area contributed by atoms with Gasteiger partial charge in [0.1, 0.15) is 0 Å². The van der Waals surface area contributed by atoms with Crippen molar-refractivity contribution in [1.29, 1.82) is 0 Å². The van der Waals surface area contributed by atoms with Crippen LogP contribution in [0.4, 0.5) is 5.13 Å². The number of hydrogen-bond acceptors (Lipinski definition) is 6. The average molecular weight is 391 g/mol. The van der Waals surface area contributed by atoms with Gasteiger partial charge in [0.15, 0.2) is 16.8 Å². The molecule has 0 aliphatic carbocycles. The van der Waals surface area contributed by atoms with E-state index in [0.29, 0.717) is 33.9 Å². The van der Waals surface area contributed by atoms with Crippen LogP contribution in [0, 0.1) is 0 Å². The third-order valence-electron chi connectivity index (χ3n) is 3.41. The summed E-state index contributed by atoms with van der Waals surface area (Å²) >= 11 is 7.37. The minimum Gasteiger partial charge on any atom is -0.441 e. The van der Waals surface area contributed by atoms with Crippen molar-refractivity contribution < 1.29 is 14.0 Å². The number of primary amides is 1. The predicted molar refractivity (Wildman–Crippen MR) is 98.9 cm³/mol. The maximum Gasteiger partial charge on any atom is 0.226 e. The van der Waals surface area contributed by atoms with Crippen molar-refractivity contribution in [2.45, 2.75) is 19.3 Å². The molecule has 134 valence electrons. The zero-order chi connectivity index (χ0) is 18.5. The van der Waals surface area contributed by atoms with E-state index in [9.17, 15) is 9.59 Å². The van der Waals surface area contributed by atoms with E-state index >= 15 is 0 Å². The van der Waals surface area contributed by atoms with Crippen LogP contribution in [0.25, 0.3) is 11.3 Å². The summed E-state index contributed by atoms with van der Waals surface area (Å²) in [4.78, 5) is 31.2. The molecule has 2 heterocycles. The van der Waals surface area contributed by atoms with Gasteiger partial charge < -0.3 is 15.5 Å². The zero-order valence-electron chi connectivity index (χ0n) is 13.6. The van der Waals surface area contributed by atoms with Crippen LogP contribution in [0.1, 0.15) is 18.0 Å². The van der Waals surface area contributed by atoms with Crippen LogP contribution in [0.5, 0.6) is 0 Å². The molecular weight excluding hydrogens is 376 g/mol. The van der Waals surface area contributed by atoms with Crippen molar-refractivity contribution >= 4 is 39.9 Å². The molecule has 0 spiro atoms. The molecule has 0 aliphatic rings. The summed E-state index contributed by atoms with van der Waals surface area (Å²) in [5.41, 5.74) is 6.40. The standard InChI is InChI=1S/C17H15ClN4O3S/c18-12-4-2-1-3-11(12)13-8-20-16(25-13)6-5-15(24)22-17-21-10(9-26-17)7-14(19)23/h1-4,8-9H,5-7H2,(H2,19,23)(H,21,22,24). The third kappa shape index (κ3) is 4.68. The van der Waals surface area contributed by atoms with E-state index in [4.69, 9.17) is 21.8 Å². The van der Waals surface area contributed by atoms with Gasteiger partial charge in [-0.05, 0) is 12.1 Å². The van der Waals surface area contributed by atoms with E-state index in [-0.39, 0.29) is 18.7 Å². The summed E-state index contributed by atoms with van der Waals surface area (Å²) in [5.74, 6) is 0.319. The highest BCUT2D eigenvalue weighted by Crippen LogP contribution is 2.28. The van der Waals surface area contributed by atoms with Crippen LogP contribution in [0.2, 0.25) is 5.02 Å². The summed E-state index contributed by atoms with van der Waals surface area (Å²) in [6.45, 7) is 0. The molecule has 26 heavy (non-hydrogen) atoms. The van der Waals surface area contributed by atoms with E-state index in [1.807, 2.05) is 18.2 Å². The lowest BCUT2D eigenvalue weighted by molar-refractivity contribution is -0.117. The Morgan fingerprint density at radius 2 is 2.12 bits per heavy atom. The van der Waals surface area contributed by atoms with Crippen LogP contribution < -0.4 is 11.1 Å². The molecule has 2 aromatic heterocycles. The van der Waals surface area contributed by atoms with Gasteiger partial charge in [0, 0.05) is 23.8 Å². The van der Waals surface area contributed by atoms with Gasteiger partial charge in [-0.15, -0.1) is 11.3 Å². The molecule has 0 saturated carbocycles. The molecule has 0 aliphatic heterocycles. The fourth-order valence-corrected chi connectivity index (χ4v) is 3.19. The van der Waals surface area contributed by atoms with Crippen molar-refractivity contribution in [2.75, 3.05) is 5.32 Å². The van der Waals surface area contributed by atoms with Crippen molar-refractivity contribution in [3.63, 3.8) is 0 Å². The number of hydrogen-bond donors (Lipinski definition) is 2. The Morgan fingerprint density at radius 3 is 2.88 bits per heavy atom. The molecule has 2 amide bonds. The number of aromatic nitrogens is 2. The molecule has 3 aromatic rings. The molecule has 9 heteroatoms. The summed E-state index contributed by atoms with van der Waals surface area (Å²) in [6.07, 6.45) is 2.17. The topological polar surface area (TPSA) is 111 Å². The number of nitrogens with zero attached hydrogens (tertiary/aromatic N) is 2. The Morgan fingerprint density at radius 1 is 1.31 bits per heavy atom. The fraction of sp³-hybridized carbons (Fsp3) is 0.176. The Labute approximate surface area is 158 Å². The van der Waals surface area contributed by atoms with Crippen LogP contribution in [0.15, 0.2) is 40.3 Å². The Bertz CT molecular complexity index is 937. The third-order valence-corrected chi connectivity index (χ3v) is 4.55. The molecule has 3 N–H and O–H groups in total. The first-order valence-corrected chi connectivity index (χ1v) is 8.99. The number of carbonyl (C=O) groups excluding carboxylic acids is 2. The lowest BCUT2D eigenvalue weighted by atomic mass is 10.2. The van der Waals surface area contributed by atoms with E-state index in [1.165, 1.54) is 11.3 Å². The number of benzene rings is 1. The summed E-state index contributed by atoms with van der Waals surface area (Å²) in [6, 6.07) is 7.30. The monoisotopic (exact) mass is 390 g/mol. The Balaban J connectivity index is 1.54. The Hall–Kier alpha value is -2.71. The normalized spacial score (nSPS) is 10.7. The molecule has 3 rings (SSSR count). The van der Waals surface area contributed by atoms with Crippen LogP contribution in [-0.4, -0.2) is 21.8 Å². The van der Waals surface area contributed by atoms with Gasteiger partial charge in [0.05, 0.1) is 23.3 Å². The summed E-state index contributed by atoms with van der Waals surface area (Å²) in [7, 11) is 0. The SMILES string of the molecule is NC(=O)Cc1csc(NC(=O)CCc2ncc(-c3ccccc3Cl)o2)n1. The van der Waals surface area contributed by atoms with Crippen LogP contribution in [0.3, 0.4) is 0 Å². The van der Waals surface area contributed by atoms with Gasteiger partial charge >= 0.3 is 0 Å². The van der Waals surface area contributed by atoms with Crippen LogP contribution in [-0.2, 0) is 22.4 Å². The highest BCUT2D eigenvalue weighted by Gasteiger charge is 2.12. The lowest BCUT2D eigenvalue weighted by Gasteiger charge is -2.00. The average Bonchev–Trinajstić information content (AvgIpc) is 3.22. The molecule has 0 radical (unpaired) electrons. The van der Waals surface area contributed by atoms with Crippen molar-refractivity contribution in [3.8, 4) is 11.3 Å². The minimum atomic E-state index is -0.466. The number of amides is 2. The summed E-state index contributed by atoms with van der Waals surface area (Å²) in [5, 5.41) is 5.36. The Kier molecular flexibility index (Phi) is 5.65. The molecule has 7 nitrogen and oxygen atoms in total. The first-order valence-electron chi connectivity index (χ1n) is 7.73. The number of nitrogens with one attached hydrogen (secondary N) is 1. The molecule has 0 bridgehead atoms. The number of nitrogens with two attached hydrogens (primary N) is 1. The number of anilines is 1. The maximum absolute atomic E-state index is 12.0. The number of halogens is 1. The molecule has 1 aromatic carbocycles. The lowest BCUT2D eigenvalue weighted by Crippen LogP contribution is -2.14. The molecule has 0 saturated heterocycles. The van der Waals surface area contributed by atoms with E-state index in [2.05, 4.69) is 15.3 Å². The highest BCUT2D eigenvalue weighted by molar-refractivity contribution is 7.13. The van der Waals surface area contributed by atoms with E-state index in [0.717, 1.165) is 5.56 Å². The molecular formula is C17H15ClN4O3S. The van der Waals surface area contributed by atoms with Gasteiger partial charge in [-0.3, -0.25) is 9.59 Å². The second-order valence-corrected chi connectivity index (χ2v) is 6.70. The number of aryl methyl sites for hydroxylation is 1. The second-order valence-electron chi connectivity index (χ2n) is 5.43. The quantitative estimate of drug-likeness (QED) is 0.644.